The van der Waals surface area contributed by atoms with Crippen LogP contribution >= 0.6 is 0 Å². The number of carbonyl (C=O) groups is 1. The summed E-state index contributed by atoms with van der Waals surface area (Å²) in [5, 5.41) is 18.1. The van der Waals surface area contributed by atoms with Gasteiger partial charge in [0.15, 0.2) is 0 Å². The third-order valence-corrected chi connectivity index (χ3v) is 5.04. The number of nitro groups is 1. The summed E-state index contributed by atoms with van der Waals surface area (Å²) in [7, 11) is 0. The second kappa shape index (κ2) is 9.78. The van der Waals surface area contributed by atoms with Gasteiger partial charge in [0, 0.05) is 23.4 Å². The minimum Gasteiger partial charge on any atom is -0.489 e. The fourth-order valence-corrected chi connectivity index (χ4v) is 3.38. The smallest absolute Gasteiger partial charge is 0.272 e. The van der Waals surface area contributed by atoms with E-state index < -0.39 is 4.92 Å². The van der Waals surface area contributed by atoms with E-state index in [-0.39, 0.29) is 18.2 Å². The van der Waals surface area contributed by atoms with Crippen LogP contribution in [0.3, 0.4) is 0 Å². The Labute approximate surface area is 190 Å². The molecule has 33 heavy (non-hydrogen) atoms. The third kappa shape index (κ3) is 5.62. The van der Waals surface area contributed by atoms with Gasteiger partial charge >= 0.3 is 0 Å². The summed E-state index contributed by atoms with van der Waals surface area (Å²) in [6.07, 6.45) is 3.40. The van der Waals surface area contributed by atoms with Gasteiger partial charge < -0.3 is 10.1 Å². The highest BCUT2D eigenvalue weighted by molar-refractivity contribution is 6.04. The van der Waals surface area contributed by atoms with E-state index in [0.717, 1.165) is 11.1 Å². The van der Waals surface area contributed by atoms with Crippen molar-refractivity contribution in [1.82, 2.24) is 9.78 Å². The van der Waals surface area contributed by atoms with E-state index in [4.69, 9.17) is 4.74 Å². The lowest BCUT2D eigenvalue weighted by Gasteiger charge is -2.09. The van der Waals surface area contributed by atoms with Gasteiger partial charge in [0.1, 0.15) is 12.4 Å². The standard InChI is InChI=1S/C25H22N4O4/c1-18-12-23(10-11-24(18)29(31)32)33-17-20-8-5-9-21(13-20)25(30)27-22-14-26-28(16-22)15-19-6-3-2-4-7-19/h2-14,16H,15,17H2,1H3,(H,27,30). The SMILES string of the molecule is Cc1cc(OCc2cccc(C(=O)Nc3cnn(Cc4ccccc4)c3)c2)ccc1[N+](=O)[O-]. The quantitative estimate of drug-likeness (QED) is 0.306. The lowest BCUT2D eigenvalue weighted by atomic mass is 10.1. The van der Waals surface area contributed by atoms with Crippen molar-refractivity contribution in [3.63, 3.8) is 0 Å². The molecule has 1 heterocycles. The summed E-state index contributed by atoms with van der Waals surface area (Å²) >= 11 is 0. The molecule has 3 aromatic carbocycles. The summed E-state index contributed by atoms with van der Waals surface area (Å²) in [6.45, 7) is 2.51. The van der Waals surface area contributed by atoms with Gasteiger partial charge in [-0.1, -0.05) is 42.5 Å². The van der Waals surface area contributed by atoms with Crippen LogP contribution in [-0.2, 0) is 13.2 Å². The number of benzene rings is 3. The summed E-state index contributed by atoms with van der Waals surface area (Å²) in [4.78, 5) is 23.2. The molecule has 166 valence electrons. The van der Waals surface area contributed by atoms with Crippen molar-refractivity contribution in [2.45, 2.75) is 20.1 Å². The molecule has 1 amide bonds. The second-order valence-electron chi connectivity index (χ2n) is 7.56. The van der Waals surface area contributed by atoms with Gasteiger partial charge in [-0.15, -0.1) is 0 Å². The highest BCUT2D eigenvalue weighted by Crippen LogP contribution is 2.24. The highest BCUT2D eigenvalue weighted by atomic mass is 16.6. The van der Waals surface area contributed by atoms with E-state index in [0.29, 0.717) is 29.1 Å². The van der Waals surface area contributed by atoms with Crippen LogP contribution in [0.4, 0.5) is 11.4 Å². The predicted octanol–water partition coefficient (Wildman–Crippen LogP) is 4.98. The second-order valence-corrected chi connectivity index (χ2v) is 7.56. The van der Waals surface area contributed by atoms with Crippen molar-refractivity contribution in [3.05, 3.63) is 118 Å². The van der Waals surface area contributed by atoms with E-state index in [9.17, 15) is 14.9 Å². The summed E-state index contributed by atoms with van der Waals surface area (Å²) in [6, 6.07) is 21.7. The minimum atomic E-state index is -0.424. The van der Waals surface area contributed by atoms with Gasteiger partial charge in [0.25, 0.3) is 11.6 Å². The van der Waals surface area contributed by atoms with Crippen LogP contribution in [0.5, 0.6) is 5.75 Å². The molecule has 0 saturated heterocycles. The Hall–Kier alpha value is -4.46. The minimum absolute atomic E-state index is 0.0492. The van der Waals surface area contributed by atoms with Gasteiger partial charge in [-0.2, -0.15) is 5.10 Å². The molecule has 0 fully saturated rings. The third-order valence-electron chi connectivity index (χ3n) is 5.04. The zero-order valence-electron chi connectivity index (χ0n) is 18.0. The molecule has 0 bridgehead atoms. The average Bonchev–Trinajstić information content (AvgIpc) is 3.25. The van der Waals surface area contributed by atoms with E-state index in [1.165, 1.54) is 6.07 Å². The molecule has 0 aliphatic rings. The molecule has 1 N–H and O–H groups in total. The highest BCUT2D eigenvalue weighted by Gasteiger charge is 2.12. The molecular formula is C25H22N4O4. The maximum absolute atomic E-state index is 12.7. The number of hydrogen-bond donors (Lipinski definition) is 1. The Morgan fingerprint density at radius 3 is 2.61 bits per heavy atom. The zero-order valence-corrected chi connectivity index (χ0v) is 18.0. The Morgan fingerprint density at radius 2 is 1.85 bits per heavy atom. The van der Waals surface area contributed by atoms with Crippen molar-refractivity contribution in [3.8, 4) is 5.75 Å². The number of rotatable bonds is 8. The number of anilines is 1. The van der Waals surface area contributed by atoms with Crippen LogP contribution in [0.25, 0.3) is 0 Å². The molecule has 8 nitrogen and oxygen atoms in total. The van der Waals surface area contributed by atoms with Crippen molar-refractivity contribution in [2.24, 2.45) is 0 Å². The van der Waals surface area contributed by atoms with E-state index in [1.807, 2.05) is 36.4 Å². The van der Waals surface area contributed by atoms with Crippen molar-refractivity contribution < 1.29 is 14.5 Å². The normalized spacial score (nSPS) is 10.6. The molecule has 1 aromatic heterocycles. The molecule has 0 radical (unpaired) electrons. The molecule has 0 atom stereocenters. The number of carbonyl (C=O) groups excluding carboxylic acids is 1. The average molecular weight is 442 g/mol. The van der Waals surface area contributed by atoms with Crippen molar-refractivity contribution >= 4 is 17.3 Å². The lowest BCUT2D eigenvalue weighted by molar-refractivity contribution is -0.385. The number of nitrogens with zero attached hydrogens (tertiary/aromatic N) is 3. The number of nitrogens with one attached hydrogen (secondary N) is 1. The Morgan fingerprint density at radius 1 is 1.06 bits per heavy atom. The first-order valence-electron chi connectivity index (χ1n) is 10.3. The molecule has 4 aromatic rings. The maximum Gasteiger partial charge on any atom is 0.272 e. The monoisotopic (exact) mass is 442 g/mol. The van der Waals surface area contributed by atoms with Gasteiger partial charge in [-0.3, -0.25) is 19.6 Å². The Kier molecular flexibility index (Phi) is 6.45. The number of aryl methyl sites for hydroxylation is 1. The molecule has 8 heteroatoms. The van der Waals surface area contributed by atoms with Gasteiger partial charge in [-0.05, 0) is 42.3 Å². The summed E-state index contributed by atoms with van der Waals surface area (Å²) < 4.78 is 7.52. The van der Waals surface area contributed by atoms with Crippen LogP contribution in [0.1, 0.15) is 27.0 Å². The van der Waals surface area contributed by atoms with Crippen LogP contribution in [0.2, 0.25) is 0 Å². The maximum atomic E-state index is 12.7. The van der Waals surface area contributed by atoms with Crippen LogP contribution in [0.15, 0.2) is 85.2 Å². The Bertz CT molecular complexity index is 1280. The van der Waals surface area contributed by atoms with Crippen molar-refractivity contribution in [2.75, 3.05) is 5.32 Å². The molecule has 0 unspecified atom stereocenters. The fraction of sp³-hybridized carbons (Fsp3) is 0.120. The number of ether oxygens (including phenoxy) is 1. The largest absolute Gasteiger partial charge is 0.489 e. The molecular weight excluding hydrogens is 420 g/mol. The zero-order chi connectivity index (χ0) is 23.2. The van der Waals surface area contributed by atoms with Gasteiger partial charge in [0.2, 0.25) is 0 Å². The predicted molar refractivity (Wildman–Crippen MR) is 124 cm³/mol. The summed E-state index contributed by atoms with van der Waals surface area (Å²) in [5.74, 6) is 0.279. The molecule has 0 aliphatic heterocycles. The molecule has 4 rings (SSSR count). The lowest BCUT2D eigenvalue weighted by Crippen LogP contribution is -2.12. The number of hydrogen-bond acceptors (Lipinski definition) is 5. The first kappa shape index (κ1) is 21.8. The van der Waals surface area contributed by atoms with E-state index >= 15 is 0 Å². The first-order valence-corrected chi connectivity index (χ1v) is 10.3. The topological polar surface area (TPSA) is 99.3 Å². The molecule has 0 spiro atoms. The number of aromatic nitrogens is 2. The van der Waals surface area contributed by atoms with Crippen LogP contribution in [0, 0.1) is 17.0 Å². The molecule has 0 aliphatic carbocycles. The van der Waals surface area contributed by atoms with Gasteiger partial charge in [-0.25, -0.2) is 0 Å². The molecule has 0 saturated carbocycles. The summed E-state index contributed by atoms with van der Waals surface area (Å²) in [5.41, 5.74) is 3.60. The van der Waals surface area contributed by atoms with Crippen LogP contribution in [-0.4, -0.2) is 20.6 Å². The van der Waals surface area contributed by atoms with E-state index in [1.54, 1.807) is 54.3 Å². The fourth-order valence-electron chi connectivity index (χ4n) is 3.38. The van der Waals surface area contributed by atoms with Crippen molar-refractivity contribution in [1.29, 1.82) is 0 Å². The first-order chi connectivity index (χ1) is 16.0. The Balaban J connectivity index is 1.37. The van der Waals surface area contributed by atoms with Crippen LogP contribution < -0.4 is 10.1 Å². The van der Waals surface area contributed by atoms with Gasteiger partial charge in [0.05, 0.1) is 23.4 Å². The number of nitro benzene ring substituents is 1. The number of amides is 1. The van der Waals surface area contributed by atoms with E-state index in [2.05, 4.69) is 10.4 Å².